The van der Waals surface area contributed by atoms with Crippen molar-refractivity contribution in [1.82, 2.24) is 0 Å². The van der Waals surface area contributed by atoms with Crippen molar-refractivity contribution in [3.05, 3.63) is 100 Å². The third-order valence-electron chi connectivity index (χ3n) is 3.93. The molecule has 154 valence electrons. The molecule has 0 saturated carbocycles. The van der Waals surface area contributed by atoms with Crippen LogP contribution in [0.2, 0.25) is 5.02 Å². The SMILES string of the molecule is NC(=NN=Cc1cc(Cl)ccc1OCc1ccc(F)c(F)c1)SCc1ccccc1. The first-order chi connectivity index (χ1) is 14.5. The van der Waals surface area contributed by atoms with E-state index in [9.17, 15) is 8.78 Å². The van der Waals surface area contributed by atoms with Crippen molar-refractivity contribution in [3.8, 4) is 5.75 Å². The van der Waals surface area contributed by atoms with E-state index in [2.05, 4.69) is 10.2 Å². The summed E-state index contributed by atoms with van der Waals surface area (Å²) in [6, 6.07) is 18.5. The Hall–Kier alpha value is -2.90. The monoisotopic (exact) mass is 445 g/mol. The fraction of sp³-hybridized carbons (Fsp3) is 0.0909. The molecule has 0 aliphatic carbocycles. The molecule has 0 radical (unpaired) electrons. The van der Waals surface area contributed by atoms with Crippen molar-refractivity contribution >= 4 is 34.7 Å². The highest BCUT2D eigenvalue weighted by atomic mass is 35.5. The molecule has 3 rings (SSSR count). The number of ether oxygens (including phenoxy) is 1. The van der Waals surface area contributed by atoms with E-state index in [0.717, 1.165) is 17.7 Å². The van der Waals surface area contributed by atoms with Gasteiger partial charge in [-0.2, -0.15) is 5.10 Å². The van der Waals surface area contributed by atoms with E-state index in [-0.39, 0.29) is 6.61 Å². The van der Waals surface area contributed by atoms with Gasteiger partial charge in [0.15, 0.2) is 16.8 Å². The zero-order valence-electron chi connectivity index (χ0n) is 15.8. The molecule has 3 aromatic rings. The fourth-order valence-electron chi connectivity index (χ4n) is 2.45. The van der Waals surface area contributed by atoms with Crippen LogP contribution in [-0.4, -0.2) is 11.4 Å². The van der Waals surface area contributed by atoms with Crippen LogP contribution >= 0.6 is 23.4 Å². The van der Waals surface area contributed by atoms with Crippen LogP contribution in [0.4, 0.5) is 8.78 Å². The molecular weight excluding hydrogens is 428 g/mol. The molecule has 0 aromatic heterocycles. The Morgan fingerprint density at radius 2 is 1.80 bits per heavy atom. The van der Waals surface area contributed by atoms with Crippen LogP contribution in [0.3, 0.4) is 0 Å². The van der Waals surface area contributed by atoms with Gasteiger partial charge in [0, 0.05) is 16.3 Å². The van der Waals surface area contributed by atoms with E-state index in [0.29, 0.717) is 32.8 Å². The van der Waals surface area contributed by atoms with Crippen LogP contribution in [0.1, 0.15) is 16.7 Å². The molecular formula is C22H18ClF2N3OS. The van der Waals surface area contributed by atoms with Gasteiger partial charge in [-0.05, 0) is 41.5 Å². The Bertz CT molecular complexity index is 1060. The summed E-state index contributed by atoms with van der Waals surface area (Å²) in [5, 5.41) is 8.80. The Kier molecular flexibility index (Phi) is 7.82. The highest BCUT2D eigenvalue weighted by molar-refractivity contribution is 8.13. The maximum atomic E-state index is 13.4. The summed E-state index contributed by atoms with van der Waals surface area (Å²) in [5.74, 6) is -0.671. The molecule has 8 heteroatoms. The maximum absolute atomic E-state index is 13.4. The lowest BCUT2D eigenvalue weighted by molar-refractivity contribution is 0.304. The molecule has 30 heavy (non-hydrogen) atoms. The zero-order valence-corrected chi connectivity index (χ0v) is 17.3. The molecule has 2 N–H and O–H groups in total. The normalized spacial score (nSPS) is 11.8. The molecule has 0 aliphatic heterocycles. The van der Waals surface area contributed by atoms with E-state index in [1.165, 1.54) is 24.0 Å². The second-order valence-electron chi connectivity index (χ2n) is 6.18. The second kappa shape index (κ2) is 10.8. The highest BCUT2D eigenvalue weighted by Gasteiger charge is 2.06. The van der Waals surface area contributed by atoms with Gasteiger partial charge in [-0.15, -0.1) is 5.10 Å². The average molecular weight is 446 g/mol. The van der Waals surface area contributed by atoms with Crippen molar-refractivity contribution in [1.29, 1.82) is 0 Å². The van der Waals surface area contributed by atoms with Crippen LogP contribution < -0.4 is 10.5 Å². The molecule has 0 amide bonds. The van der Waals surface area contributed by atoms with Gasteiger partial charge in [0.05, 0.1) is 6.21 Å². The van der Waals surface area contributed by atoms with E-state index in [4.69, 9.17) is 22.1 Å². The van der Waals surface area contributed by atoms with Crippen LogP contribution in [0.15, 0.2) is 76.9 Å². The number of hydrogen-bond acceptors (Lipinski definition) is 4. The van der Waals surface area contributed by atoms with Crippen molar-refractivity contribution in [2.75, 3.05) is 0 Å². The van der Waals surface area contributed by atoms with E-state index in [1.807, 2.05) is 30.3 Å². The lowest BCUT2D eigenvalue weighted by Gasteiger charge is -2.09. The number of rotatable bonds is 7. The van der Waals surface area contributed by atoms with Gasteiger partial charge in [0.1, 0.15) is 12.4 Å². The first-order valence-electron chi connectivity index (χ1n) is 8.91. The van der Waals surface area contributed by atoms with Crippen molar-refractivity contribution in [2.24, 2.45) is 15.9 Å². The number of nitrogens with two attached hydrogens (primary N) is 1. The summed E-state index contributed by atoms with van der Waals surface area (Å²) in [7, 11) is 0. The Labute approximate surface area is 182 Å². The minimum absolute atomic E-state index is 0.0536. The highest BCUT2D eigenvalue weighted by Crippen LogP contribution is 2.23. The van der Waals surface area contributed by atoms with Gasteiger partial charge in [0.25, 0.3) is 0 Å². The molecule has 4 nitrogen and oxygen atoms in total. The predicted octanol–water partition coefficient (Wildman–Crippen LogP) is 5.78. The molecule has 0 aliphatic rings. The molecule has 3 aromatic carbocycles. The summed E-state index contributed by atoms with van der Waals surface area (Å²) < 4.78 is 32.1. The standard InChI is InChI=1S/C22H18ClF2N3OS/c23-18-7-9-21(29-13-16-6-8-19(24)20(25)10-16)17(11-18)12-27-28-22(26)30-14-15-4-2-1-3-5-15/h1-12H,13-14H2,(H2,26,28). The van der Waals surface area contributed by atoms with Crippen LogP contribution in [0.5, 0.6) is 5.75 Å². The number of hydrogen-bond donors (Lipinski definition) is 1. The van der Waals surface area contributed by atoms with E-state index in [1.54, 1.807) is 18.2 Å². The average Bonchev–Trinajstić information content (AvgIpc) is 2.75. The smallest absolute Gasteiger partial charge is 0.180 e. The van der Waals surface area contributed by atoms with Gasteiger partial charge >= 0.3 is 0 Å². The summed E-state index contributed by atoms with van der Waals surface area (Å²) in [5.41, 5.74) is 8.09. The molecule has 0 fully saturated rings. The summed E-state index contributed by atoms with van der Waals surface area (Å²) >= 11 is 7.43. The van der Waals surface area contributed by atoms with Crippen LogP contribution in [-0.2, 0) is 12.4 Å². The van der Waals surface area contributed by atoms with Gasteiger partial charge < -0.3 is 10.5 Å². The molecule has 0 unspecified atom stereocenters. The fourth-order valence-corrected chi connectivity index (χ4v) is 3.24. The minimum atomic E-state index is -0.924. The number of thioether (sulfide) groups is 1. The number of benzene rings is 3. The zero-order chi connectivity index (χ0) is 21.3. The van der Waals surface area contributed by atoms with E-state index >= 15 is 0 Å². The van der Waals surface area contributed by atoms with Crippen molar-refractivity contribution < 1.29 is 13.5 Å². The van der Waals surface area contributed by atoms with Crippen LogP contribution in [0, 0.1) is 11.6 Å². The van der Waals surface area contributed by atoms with E-state index < -0.39 is 11.6 Å². The third kappa shape index (κ3) is 6.57. The topological polar surface area (TPSA) is 60.0 Å². The Morgan fingerprint density at radius 3 is 2.57 bits per heavy atom. The van der Waals surface area contributed by atoms with Gasteiger partial charge in [-0.25, -0.2) is 8.78 Å². The Balaban J connectivity index is 1.64. The number of amidine groups is 1. The number of halogens is 3. The third-order valence-corrected chi connectivity index (χ3v) is 5.02. The van der Waals surface area contributed by atoms with Crippen molar-refractivity contribution in [3.63, 3.8) is 0 Å². The molecule has 0 heterocycles. The predicted molar refractivity (Wildman–Crippen MR) is 119 cm³/mol. The molecule has 0 bridgehead atoms. The lowest BCUT2D eigenvalue weighted by Crippen LogP contribution is -2.06. The van der Waals surface area contributed by atoms with Gasteiger partial charge in [-0.1, -0.05) is 59.8 Å². The molecule has 0 atom stereocenters. The van der Waals surface area contributed by atoms with Gasteiger partial charge in [0.2, 0.25) is 0 Å². The summed E-state index contributed by atoms with van der Waals surface area (Å²) in [6.07, 6.45) is 1.47. The summed E-state index contributed by atoms with van der Waals surface area (Å²) in [6.45, 7) is 0.0536. The van der Waals surface area contributed by atoms with Crippen molar-refractivity contribution in [2.45, 2.75) is 12.4 Å². The molecule has 0 saturated heterocycles. The summed E-state index contributed by atoms with van der Waals surface area (Å²) in [4.78, 5) is 0. The number of nitrogens with zero attached hydrogens (tertiary/aromatic N) is 2. The Morgan fingerprint density at radius 1 is 1.00 bits per heavy atom. The quantitative estimate of drug-likeness (QED) is 0.285. The van der Waals surface area contributed by atoms with Crippen LogP contribution in [0.25, 0.3) is 0 Å². The first kappa shape index (κ1) is 21.8. The molecule has 0 spiro atoms. The first-order valence-corrected chi connectivity index (χ1v) is 10.3. The minimum Gasteiger partial charge on any atom is -0.488 e. The maximum Gasteiger partial charge on any atom is 0.180 e. The van der Waals surface area contributed by atoms with Gasteiger partial charge in [-0.3, -0.25) is 0 Å². The lowest BCUT2D eigenvalue weighted by atomic mass is 10.2. The second-order valence-corrected chi connectivity index (χ2v) is 7.61. The largest absolute Gasteiger partial charge is 0.488 e.